The Kier molecular flexibility index (Phi) is 7.24. The lowest BCUT2D eigenvalue weighted by atomic mass is 10.1. The number of rotatable bonds is 8. The molecule has 0 unspecified atom stereocenters. The highest BCUT2D eigenvalue weighted by Gasteiger charge is 2.36. The van der Waals surface area contributed by atoms with E-state index < -0.39 is 33.5 Å². The maximum absolute atomic E-state index is 13.6. The van der Waals surface area contributed by atoms with E-state index in [1.165, 1.54) is 53.5 Å². The van der Waals surface area contributed by atoms with Crippen LogP contribution in [0.15, 0.2) is 88.7 Å². The normalized spacial score (nSPS) is 15.4. The second-order valence-corrected chi connectivity index (χ2v) is 11.3. The van der Waals surface area contributed by atoms with Crippen molar-refractivity contribution in [1.29, 1.82) is 0 Å². The van der Waals surface area contributed by atoms with E-state index in [0.29, 0.717) is 11.1 Å². The first kappa shape index (κ1) is 27.5. The molecule has 3 aromatic carbocycles. The van der Waals surface area contributed by atoms with E-state index in [1.807, 2.05) is 0 Å². The minimum Gasteiger partial charge on any atom is -0.478 e. The Morgan fingerprint density at radius 2 is 1.46 bits per heavy atom. The van der Waals surface area contributed by atoms with Crippen LogP contribution in [0.4, 0.5) is 5.69 Å². The molecule has 0 fully saturated rings. The summed E-state index contributed by atoms with van der Waals surface area (Å²) in [5.41, 5.74) is 1.04. The molecule has 0 saturated heterocycles. The second kappa shape index (κ2) is 10.8. The number of imide groups is 1. The van der Waals surface area contributed by atoms with Crippen LogP contribution in [0.3, 0.4) is 0 Å². The third-order valence-electron chi connectivity index (χ3n) is 6.72. The molecule has 2 aliphatic heterocycles. The van der Waals surface area contributed by atoms with Crippen LogP contribution in [0, 0.1) is 0 Å². The molecule has 2 heterocycles. The van der Waals surface area contributed by atoms with Crippen molar-refractivity contribution in [3.05, 3.63) is 101 Å². The number of amides is 4. The molecular weight excluding hydrogens is 550 g/mol. The van der Waals surface area contributed by atoms with Gasteiger partial charge in [-0.05, 0) is 41.5 Å². The number of anilines is 1. The maximum atomic E-state index is 13.6. The van der Waals surface area contributed by atoms with Crippen LogP contribution in [-0.2, 0) is 37.2 Å². The Balaban J connectivity index is 1.34. The Morgan fingerprint density at radius 3 is 2.15 bits per heavy atom. The predicted octanol–water partition coefficient (Wildman–Crippen LogP) is 1.96. The monoisotopic (exact) mass is 573 g/mol. The molecule has 0 spiro atoms. The number of fused-ring (bicyclic) bond motifs is 2. The van der Waals surface area contributed by atoms with Crippen LogP contribution in [-0.4, -0.2) is 61.1 Å². The number of carbonyl (C=O) groups is 5. The largest absolute Gasteiger partial charge is 0.478 e. The summed E-state index contributed by atoms with van der Waals surface area (Å²) in [4.78, 5) is 62.8. The van der Waals surface area contributed by atoms with Crippen molar-refractivity contribution in [2.24, 2.45) is 0 Å². The SMILES string of the molecule is O=C(Cc1ccc(CN2C(=O)c3ccccc3S(=O)(=O)c3ccc(C(=O)O)cc32)cc1)NCCN1C(=O)C=CC1=O. The molecule has 0 radical (unpaired) electrons. The van der Waals surface area contributed by atoms with Gasteiger partial charge in [-0.3, -0.25) is 24.1 Å². The molecule has 4 amide bonds. The zero-order valence-corrected chi connectivity index (χ0v) is 22.3. The molecule has 0 atom stereocenters. The van der Waals surface area contributed by atoms with Crippen molar-refractivity contribution >= 4 is 45.1 Å². The highest BCUT2D eigenvalue weighted by atomic mass is 32.2. The summed E-state index contributed by atoms with van der Waals surface area (Å²) >= 11 is 0. The van der Waals surface area contributed by atoms with E-state index in [2.05, 4.69) is 5.32 Å². The van der Waals surface area contributed by atoms with Crippen LogP contribution in [0.1, 0.15) is 31.8 Å². The van der Waals surface area contributed by atoms with Crippen molar-refractivity contribution in [3.8, 4) is 0 Å². The first-order chi connectivity index (χ1) is 19.6. The molecule has 12 heteroatoms. The van der Waals surface area contributed by atoms with E-state index in [4.69, 9.17) is 0 Å². The lowest BCUT2D eigenvalue weighted by molar-refractivity contribution is -0.137. The fraction of sp³-hybridized carbons (Fsp3) is 0.138. The van der Waals surface area contributed by atoms with Crippen molar-refractivity contribution in [2.75, 3.05) is 18.0 Å². The smallest absolute Gasteiger partial charge is 0.335 e. The Bertz CT molecular complexity index is 1730. The van der Waals surface area contributed by atoms with E-state index in [9.17, 15) is 37.5 Å². The third-order valence-corrected chi connectivity index (χ3v) is 8.58. The first-order valence-corrected chi connectivity index (χ1v) is 14.0. The zero-order chi connectivity index (χ0) is 29.3. The highest BCUT2D eigenvalue weighted by molar-refractivity contribution is 7.91. The van der Waals surface area contributed by atoms with Crippen LogP contribution in [0.2, 0.25) is 0 Å². The topological polar surface area (TPSA) is 158 Å². The lowest BCUT2D eigenvalue weighted by Crippen LogP contribution is -2.38. The number of hydrogen-bond donors (Lipinski definition) is 2. The van der Waals surface area contributed by atoms with Crippen molar-refractivity contribution in [3.63, 3.8) is 0 Å². The molecule has 2 N–H and O–H groups in total. The molecule has 0 bridgehead atoms. The minimum atomic E-state index is -4.12. The Hall–Kier alpha value is -5.10. The molecule has 2 aliphatic rings. The van der Waals surface area contributed by atoms with Crippen molar-refractivity contribution in [1.82, 2.24) is 10.2 Å². The second-order valence-electron chi connectivity index (χ2n) is 9.38. The number of carbonyl (C=O) groups excluding carboxylic acids is 4. The number of nitrogens with zero attached hydrogens (tertiary/aromatic N) is 2. The van der Waals surface area contributed by atoms with Crippen LogP contribution in [0.25, 0.3) is 0 Å². The molecule has 0 aliphatic carbocycles. The summed E-state index contributed by atoms with van der Waals surface area (Å²) in [5.74, 6) is -3.03. The fourth-order valence-electron chi connectivity index (χ4n) is 4.65. The van der Waals surface area contributed by atoms with Gasteiger partial charge in [-0.15, -0.1) is 0 Å². The summed E-state index contributed by atoms with van der Waals surface area (Å²) < 4.78 is 26.9. The van der Waals surface area contributed by atoms with Gasteiger partial charge in [-0.25, -0.2) is 13.2 Å². The average molecular weight is 574 g/mol. The number of hydrogen-bond acceptors (Lipinski definition) is 7. The quantitative estimate of drug-likeness (QED) is 0.387. The zero-order valence-electron chi connectivity index (χ0n) is 21.4. The molecule has 3 aromatic rings. The molecule has 0 aromatic heterocycles. The van der Waals surface area contributed by atoms with Crippen LogP contribution < -0.4 is 10.2 Å². The number of carboxylic acids is 1. The fourth-order valence-corrected chi connectivity index (χ4v) is 6.28. The Morgan fingerprint density at radius 1 is 0.805 bits per heavy atom. The van der Waals surface area contributed by atoms with Gasteiger partial charge in [0.2, 0.25) is 15.7 Å². The number of sulfone groups is 1. The van der Waals surface area contributed by atoms with Gasteiger partial charge in [0.05, 0.1) is 39.6 Å². The molecule has 11 nitrogen and oxygen atoms in total. The summed E-state index contributed by atoms with van der Waals surface area (Å²) in [6.45, 7) is 0.107. The van der Waals surface area contributed by atoms with E-state index >= 15 is 0 Å². The summed E-state index contributed by atoms with van der Waals surface area (Å²) in [5, 5.41) is 12.2. The number of carboxylic acid groups (broad SMARTS) is 1. The summed E-state index contributed by atoms with van der Waals surface area (Å²) in [6, 6.07) is 16.2. The molecule has 41 heavy (non-hydrogen) atoms. The average Bonchev–Trinajstić information content (AvgIpc) is 3.25. The van der Waals surface area contributed by atoms with E-state index in [-0.39, 0.29) is 58.6 Å². The minimum absolute atomic E-state index is 0.0259. The standard InChI is InChI=1S/C29H23N3O8S/c33-25(30-13-14-31-26(34)11-12-27(31)35)15-18-5-7-19(8-6-18)17-32-22-16-20(29(37)38)9-10-24(22)41(39,40)23-4-2-1-3-21(23)28(32)36/h1-12,16H,13-15,17H2,(H,30,33)(H,37,38). The van der Waals surface area contributed by atoms with Gasteiger partial charge in [0.25, 0.3) is 17.7 Å². The maximum Gasteiger partial charge on any atom is 0.335 e. The van der Waals surface area contributed by atoms with Gasteiger partial charge >= 0.3 is 5.97 Å². The van der Waals surface area contributed by atoms with Gasteiger partial charge in [0.15, 0.2) is 0 Å². The van der Waals surface area contributed by atoms with Gasteiger partial charge < -0.3 is 15.3 Å². The van der Waals surface area contributed by atoms with Crippen molar-refractivity contribution in [2.45, 2.75) is 22.8 Å². The third kappa shape index (κ3) is 5.37. The van der Waals surface area contributed by atoms with Crippen molar-refractivity contribution < 1.29 is 37.5 Å². The van der Waals surface area contributed by atoms with Gasteiger partial charge in [-0.1, -0.05) is 36.4 Å². The highest BCUT2D eigenvalue weighted by Crippen LogP contribution is 2.38. The van der Waals surface area contributed by atoms with Crippen LogP contribution in [0.5, 0.6) is 0 Å². The molecule has 5 rings (SSSR count). The Labute approximate surface area is 234 Å². The predicted molar refractivity (Wildman–Crippen MR) is 145 cm³/mol. The number of nitrogens with one attached hydrogen (secondary N) is 1. The van der Waals surface area contributed by atoms with Gasteiger partial charge in [-0.2, -0.15) is 0 Å². The first-order valence-electron chi connectivity index (χ1n) is 12.5. The van der Waals surface area contributed by atoms with Crippen LogP contribution >= 0.6 is 0 Å². The molecule has 208 valence electrons. The number of aromatic carboxylic acids is 1. The molecular formula is C29H23N3O8S. The number of benzene rings is 3. The summed E-state index contributed by atoms with van der Waals surface area (Å²) in [7, 11) is -4.12. The van der Waals surface area contributed by atoms with E-state index in [1.54, 1.807) is 30.3 Å². The van der Waals surface area contributed by atoms with E-state index in [0.717, 1.165) is 4.90 Å². The van der Waals surface area contributed by atoms with Gasteiger partial charge in [0.1, 0.15) is 0 Å². The molecule has 0 saturated carbocycles. The summed E-state index contributed by atoms with van der Waals surface area (Å²) in [6.07, 6.45) is 2.37. The lowest BCUT2D eigenvalue weighted by Gasteiger charge is -2.23. The van der Waals surface area contributed by atoms with Gasteiger partial charge in [0, 0.05) is 25.2 Å².